The molecular weight excluding hydrogens is 336 g/mol. The Morgan fingerprint density at radius 2 is 2.12 bits per heavy atom. The van der Waals surface area contributed by atoms with Crippen molar-refractivity contribution in [3.05, 3.63) is 0 Å². The van der Waals surface area contributed by atoms with Crippen LogP contribution < -0.4 is 10.6 Å². The van der Waals surface area contributed by atoms with Gasteiger partial charge in [0.2, 0.25) is 0 Å². The summed E-state index contributed by atoms with van der Waals surface area (Å²) in [6.07, 6.45) is 5.05. The normalized spacial score (nSPS) is 21.7. The van der Waals surface area contributed by atoms with Crippen LogP contribution in [0.5, 0.6) is 0 Å². The summed E-state index contributed by atoms with van der Waals surface area (Å²) >= 11 is 0. The molecule has 0 spiro atoms. The van der Waals surface area contributed by atoms with Gasteiger partial charge in [0.25, 0.3) is 0 Å². The number of hydrogen-bond donors (Lipinski definition) is 2. The first-order valence-corrected chi connectivity index (χ1v) is 9.81. The average molecular weight is 370 g/mol. The third kappa shape index (κ3) is 7.37. The standard InChI is InChI=1S/C18H34N4O4/c1-3-25-18(23)22-10-7-15(8-11-22)21-17(19-2)20-9-5-12-24-14-16-6-4-13-26-16/h15-16H,3-14H2,1-2H3,(H2,19,20,21). The van der Waals surface area contributed by atoms with Crippen molar-refractivity contribution >= 4 is 12.1 Å². The Bertz CT molecular complexity index is 433. The molecule has 0 aromatic rings. The molecule has 2 aliphatic rings. The molecule has 2 rings (SSSR count). The second kappa shape index (κ2) is 12.0. The smallest absolute Gasteiger partial charge is 0.409 e. The second-order valence-electron chi connectivity index (χ2n) is 6.67. The minimum Gasteiger partial charge on any atom is -0.450 e. The zero-order chi connectivity index (χ0) is 18.6. The molecular formula is C18H34N4O4. The molecule has 2 saturated heterocycles. The average Bonchev–Trinajstić information content (AvgIpc) is 3.17. The van der Waals surface area contributed by atoms with Gasteiger partial charge < -0.3 is 29.7 Å². The first kappa shape index (κ1) is 20.8. The number of piperidine rings is 1. The Labute approximate surface area is 156 Å². The van der Waals surface area contributed by atoms with E-state index in [2.05, 4.69) is 15.6 Å². The molecule has 0 aromatic carbocycles. The van der Waals surface area contributed by atoms with E-state index in [4.69, 9.17) is 14.2 Å². The van der Waals surface area contributed by atoms with Crippen LogP contribution in [0.3, 0.4) is 0 Å². The summed E-state index contributed by atoms with van der Waals surface area (Å²) in [6, 6.07) is 0.322. The molecule has 2 heterocycles. The SMILES string of the molecule is CCOC(=O)N1CCC(NC(=NC)NCCCOCC2CCCO2)CC1. The van der Waals surface area contributed by atoms with E-state index < -0.39 is 0 Å². The van der Waals surface area contributed by atoms with Crippen molar-refractivity contribution in [3.63, 3.8) is 0 Å². The number of carbonyl (C=O) groups excluding carboxylic acids is 1. The number of rotatable bonds is 8. The first-order valence-electron chi connectivity index (χ1n) is 9.81. The van der Waals surface area contributed by atoms with Gasteiger partial charge in [-0.2, -0.15) is 0 Å². The Morgan fingerprint density at radius 1 is 1.31 bits per heavy atom. The highest BCUT2D eigenvalue weighted by atomic mass is 16.6. The number of guanidine groups is 1. The zero-order valence-corrected chi connectivity index (χ0v) is 16.2. The summed E-state index contributed by atoms with van der Waals surface area (Å²) < 4.78 is 16.2. The van der Waals surface area contributed by atoms with E-state index in [1.54, 1.807) is 11.9 Å². The summed E-state index contributed by atoms with van der Waals surface area (Å²) in [5.41, 5.74) is 0. The summed E-state index contributed by atoms with van der Waals surface area (Å²) in [6.45, 7) is 6.78. The molecule has 2 fully saturated rings. The van der Waals surface area contributed by atoms with Crippen molar-refractivity contribution in [1.82, 2.24) is 15.5 Å². The van der Waals surface area contributed by atoms with E-state index in [9.17, 15) is 4.79 Å². The number of nitrogens with zero attached hydrogens (tertiary/aromatic N) is 2. The van der Waals surface area contributed by atoms with Crippen LogP contribution in [0.25, 0.3) is 0 Å². The van der Waals surface area contributed by atoms with Crippen molar-refractivity contribution in [2.75, 3.05) is 53.1 Å². The number of likely N-dealkylation sites (tertiary alicyclic amines) is 1. The Morgan fingerprint density at radius 3 is 2.77 bits per heavy atom. The number of carbonyl (C=O) groups is 1. The van der Waals surface area contributed by atoms with Crippen LogP contribution in [-0.4, -0.2) is 82.2 Å². The molecule has 2 aliphatic heterocycles. The molecule has 0 radical (unpaired) electrons. The fourth-order valence-electron chi connectivity index (χ4n) is 3.18. The van der Waals surface area contributed by atoms with Gasteiger partial charge in [0.15, 0.2) is 5.96 Å². The van der Waals surface area contributed by atoms with Gasteiger partial charge in [0, 0.05) is 45.9 Å². The van der Waals surface area contributed by atoms with Crippen molar-refractivity contribution in [2.45, 2.75) is 51.2 Å². The van der Waals surface area contributed by atoms with Crippen LogP contribution in [0.4, 0.5) is 4.79 Å². The molecule has 8 nitrogen and oxygen atoms in total. The summed E-state index contributed by atoms with van der Waals surface area (Å²) in [5.74, 6) is 0.804. The van der Waals surface area contributed by atoms with Gasteiger partial charge in [-0.15, -0.1) is 0 Å². The van der Waals surface area contributed by atoms with Crippen LogP contribution >= 0.6 is 0 Å². The molecule has 2 N–H and O–H groups in total. The Balaban J connectivity index is 1.53. The highest BCUT2D eigenvalue weighted by molar-refractivity contribution is 5.80. The van der Waals surface area contributed by atoms with Crippen LogP contribution in [0.2, 0.25) is 0 Å². The molecule has 1 amide bonds. The van der Waals surface area contributed by atoms with Gasteiger partial charge in [0.1, 0.15) is 0 Å². The largest absolute Gasteiger partial charge is 0.450 e. The lowest BCUT2D eigenvalue weighted by atomic mass is 10.1. The molecule has 0 aromatic heterocycles. The van der Waals surface area contributed by atoms with E-state index in [0.29, 0.717) is 32.3 Å². The number of amides is 1. The lowest BCUT2D eigenvalue weighted by Gasteiger charge is -2.32. The van der Waals surface area contributed by atoms with Gasteiger partial charge in [0.05, 0.1) is 19.3 Å². The predicted octanol–water partition coefficient (Wildman–Crippen LogP) is 1.36. The highest BCUT2D eigenvalue weighted by Crippen LogP contribution is 2.12. The summed E-state index contributed by atoms with van der Waals surface area (Å²) in [7, 11) is 1.77. The molecule has 0 aliphatic carbocycles. The Kier molecular flexibility index (Phi) is 9.55. The van der Waals surface area contributed by atoms with E-state index in [0.717, 1.165) is 57.8 Å². The number of hydrogen-bond acceptors (Lipinski definition) is 5. The quantitative estimate of drug-likeness (QED) is 0.381. The third-order valence-electron chi connectivity index (χ3n) is 4.67. The van der Waals surface area contributed by atoms with Gasteiger partial charge in [-0.25, -0.2) is 4.79 Å². The van der Waals surface area contributed by atoms with Gasteiger partial charge >= 0.3 is 6.09 Å². The van der Waals surface area contributed by atoms with E-state index in [1.165, 1.54) is 0 Å². The maximum absolute atomic E-state index is 11.7. The van der Waals surface area contributed by atoms with E-state index in [-0.39, 0.29) is 12.2 Å². The van der Waals surface area contributed by atoms with Gasteiger partial charge in [-0.3, -0.25) is 4.99 Å². The number of aliphatic imine (C=N–C) groups is 1. The van der Waals surface area contributed by atoms with E-state index in [1.807, 2.05) is 6.92 Å². The maximum Gasteiger partial charge on any atom is 0.409 e. The predicted molar refractivity (Wildman–Crippen MR) is 101 cm³/mol. The molecule has 26 heavy (non-hydrogen) atoms. The molecule has 150 valence electrons. The summed E-state index contributed by atoms with van der Waals surface area (Å²) in [5, 5.41) is 6.75. The molecule has 0 bridgehead atoms. The lowest BCUT2D eigenvalue weighted by molar-refractivity contribution is 0.0168. The lowest BCUT2D eigenvalue weighted by Crippen LogP contribution is -2.50. The van der Waals surface area contributed by atoms with Crippen molar-refractivity contribution in [2.24, 2.45) is 4.99 Å². The van der Waals surface area contributed by atoms with Crippen LogP contribution in [-0.2, 0) is 14.2 Å². The number of nitrogens with one attached hydrogen (secondary N) is 2. The van der Waals surface area contributed by atoms with E-state index >= 15 is 0 Å². The van der Waals surface area contributed by atoms with Crippen molar-refractivity contribution in [1.29, 1.82) is 0 Å². The second-order valence-corrected chi connectivity index (χ2v) is 6.67. The van der Waals surface area contributed by atoms with Gasteiger partial charge in [-0.1, -0.05) is 0 Å². The van der Waals surface area contributed by atoms with Crippen molar-refractivity contribution < 1.29 is 19.0 Å². The highest BCUT2D eigenvalue weighted by Gasteiger charge is 2.24. The first-order chi connectivity index (χ1) is 12.7. The molecule has 8 heteroatoms. The fourth-order valence-corrected chi connectivity index (χ4v) is 3.18. The molecule has 1 unspecified atom stereocenters. The van der Waals surface area contributed by atoms with Crippen molar-refractivity contribution in [3.8, 4) is 0 Å². The molecule has 0 saturated carbocycles. The van der Waals surface area contributed by atoms with Crippen LogP contribution in [0, 0.1) is 0 Å². The van der Waals surface area contributed by atoms with Gasteiger partial charge in [-0.05, 0) is 39.0 Å². The third-order valence-corrected chi connectivity index (χ3v) is 4.67. The molecule has 1 atom stereocenters. The monoisotopic (exact) mass is 370 g/mol. The fraction of sp³-hybridized carbons (Fsp3) is 0.889. The van der Waals surface area contributed by atoms with Crippen LogP contribution in [0.1, 0.15) is 39.0 Å². The number of ether oxygens (including phenoxy) is 3. The summed E-state index contributed by atoms with van der Waals surface area (Å²) in [4.78, 5) is 17.8. The maximum atomic E-state index is 11.7. The van der Waals surface area contributed by atoms with Crippen LogP contribution in [0.15, 0.2) is 4.99 Å². The Hall–Kier alpha value is -1.54. The zero-order valence-electron chi connectivity index (χ0n) is 16.2. The topological polar surface area (TPSA) is 84.4 Å². The minimum atomic E-state index is -0.212. The minimum absolute atomic E-state index is 0.212.